The molecule has 0 bridgehead atoms. The van der Waals surface area contributed by atoms with Gasteiger partial charge < -0.3 is 9.84 Å². The molecule has 0 heterocycles. The van der Waals surface area contributed by atoms with E-state index < -0.39 is 15.9 Å². The smallest absolute Gasteiger partial charge is 0.150 e. The van der Waals surface area contributed by atoms with Gasteiger partial charge in [-0.1, -0.05) is 36.4 Å². The number of fused-ring (bicyclic) bond motifs is 1. The molecule has 5 heteroatoms. The summed E-state index contributed by atoms with van der Waals surface area (Å²) >= 11 is 0. The van der Waals surface area contributed by atoms with E-state index in [9.17, 15) is 13.5 Å². The molecular formula is C15H18O4S. The van der Waals surface area contributed by atoms with Crippen LogP contribution in [-0.4, -0.2) is 32.1 Å². The molecule has 0 aliphatic carbocycles. The van der Waals surface area contributed by atoms with Crippen LogP contribution >= 0.6 is 0 Å². The van der Waals surface area contributed by atoms with Gasteiger partial charge in [-0.05, 0) is 12.3 Å². The lowest BCUT2D eigenvalue weighted by Crippen LogP contribution is -2.13. The van der Waals surface area contributed by atoms with Crippen LogP contribution in [0.3, 0.4) is 0 Å². The first-order chi connectivity index (χ1) is 9.38. The van der Waals surface area contributed by atoms with Crippen molar-refractivity contribution in [1.82, 2.24) is 0 Å². The van der Waals surface area contributed by atoms with E-state index in [1.165, 1.54) is 6.26 Å². The lowest BCUT2D eigenvalue weighted by atomic mass is 10.0. The van der Waals surface area contributed by atoms with Gasteiger partial charge in [0.25, 0.3) is 0 Å². The second-order valence-corrected chi connectivity index (χ2v) is 7.12. The summed E-state index contributed by atoms with van der Waals surface area (Å²) in [5.74, 6) is 0.511. The van der Waals surface area contributed by atoms with E-state index in [4.69, 9.17) is 4.74 Å². The molecule has 0 saturated heterocycles. The lowest BCUT2D eigenvalue weighted by molar-refractivity contribution is 0.193. The second kappa shape index (κ2) is 5.81. The van der Waals surface area contributed by atoms with Gasteiger partial charge in [-0.2, -0.15) is 0 Å². The Bertz CT molecular complexity index is 705. The van der Waals surface area contributed by atoms with Crippen molar-refractivity contribution in [2.45, 2.75) is 13.0 Å². The summed E-state index contributed by atoms with van der Waals surface area (Å²) in [6.45, 7) is 1.74. The predicted octanol–water partition coefficient (Wildman–Crippen LogP) is 2.32. The van der Waals surface area contributed by atoms with Gasteiger partial charge in [-0.3, -0.25) is 0 Å². The topological polar surface area (TPSA) is 63.6 Å². The van der Waals surface area contributed by atoms with Crippen LogP contribution < -0.4 is 4.74 Å². The third kappa shape index (κ3) is 3.49. The van der Waals surface area contributed by atoms with Crippen LogP contribution in [0.25, 0.3) is 10.8 Å². The summed E-state index contributed by atoms with van der Waals surface area (Å²) in [5.41, 5.74) is 0.664. The van der Waals surface area contributed by atoms with Crippen molar-refractivity contribution >= 4 is 20.6 Å². The van der Waals surface area contributed by atoms with E-state index in [1.54, 1.807) is 6.92 Å². The fourth-order valence-electron chi connectivity index (χ4n) is 2.05. The monoisotopic (exact) mass is 294 g/mol. The zero-order chi connectivity index (χ0) is 14.8. The number of hydrogen-bond acceptors (Lipinski definition) is 4. The highest BCUT2D eigenvalue weighted by molar-refractivity contribution is 7.90. The number of benzene rings is 2. The number of hydrogen-bond donors (Lipinski definition) is 1. The normalized spacial score (nSPS) is 13.3. The Kier molecular flexibility index (Phi) is 4.30. The maximum atomic E-state index is 11.2. The van der Waals surface area contributed by atoms with Crippen LogP contribution in [0, 0.1) is 0 Å². The Hall–Kier alpha value is -1.59. The largest absolute Gasteiger partial charge is 0.491 e. The maximum absolute atomic E-state index is 11.2. The fraction of sp³-hybridized carbons (Fsp3) is 0.333. The first-order valence-electron chi connectivity index (χ1n) is 6.39. The molecule has 108 valence electrons. The Labute approximate surface area is 118 Å². The van der Waals surface area contributed by atoms with Gasteiger partial charge in [-0.15, -0.1) is 0 Å². The lowest BCUT2D eigenvalue weighted by Gasteiger charge is -2.16. The highest BCUT2D eigenvalue weighted by Gasteiger charge is 2.13. The van der Waals surface area contributed by atoms with Gasteiger partial charge in [0.15, 0.2) is 9.84 Å². The summed E-state index contributed by atoms with van der Waals surface area (Å²) in [4.78, 5) is 0. The second-order valence-electron chi connectivity index (χ2n) is 4.86. The van der Waals surface area contributed by atoms with Crippen LogP contribution in [0.4, 0.5) is 0 Å². The minimum Gasteiger partial charge on any atom is -0.491 e. The SMILES string of the molecule is C[C@@H](O)c1ccc2ccccc2c1OCCS(C)(=O)=O. The molecule has 1 atom stereocenters. The predicted molar refractivity (Wildman–Crippen MR) is 79.8 cm³/mol. The van der Waals surface area contributed by atoms with Crippen LogP contribution in [-0.2, 0) is 9.84 Å². The van der Waals surface area contributed by atoms with E-state index in [0.717, 1.165) is 10.8 Å². The highest BCUT2D eigenvalue weighted by Crippen LogP contribution is 2.33. The van der Waals surface area contributed by atoms with Crippen molar-refractivity contribution in [2.75, 3.05) is 18.6 Å². The molecule has 0 aromatic heterocycles. The van der Waals surface area contributed by atoms with Crippen molar-refractivity contribution in [3.8, 4) is 5.75 Å². The van der Waals surface area contributed by atoms with E-state index >= 15 is 0 Å². The van der Waals surface area contributed by atoms with Crippen molar-refractivity contribution in [2.24, 2.45) is 0 Å². The van der Waals surface area contributed by atoms with Gasteiger partial charge in [0.2, 0.25) is 0 Å². The summed E-state index contributed by atoms with van der Waals surface area (Å²) in [6.07, 6.45) is 0.502. The van der Waals surface area contributed by atoms with Gasteiger partial charge in [0, 0.05) is 17.2 Å². The molecule has 20 heavy (non-hydrogen) atoms. The van der Waals surface area contributed by atoms with E-state index in [-0.39, 0.29) is 12.4 Å². The number of ether oxygens (including phenoxy) is 1. The molecule has 0 aliphatic rings. The summed E-state index contributed by atoms with van der Waals surface area (Å²) < 4.78 is 28.0. The molecule has 2 aromatic rings. The molecule has 0 aliphatic heterocycles. The maximum Gasteiger partial charge on any atom is 0.150 e. The van der Waals surface area contributed by atoms with Crippen molar-refractivity contribution in [3.05, 3.63) is 42.0 Å². The van der Waals surface area contributed by atoms with Crippen molar-refractivity contribution < 1.29 is 18.3 Å². The van der Waals surface area contributed by atoms with Crippen molar-refractivity contribution in [1.29, 1.82) is 0 Å². The van der Waals surface area contributed by atoms with Gasteiger partial charge in [0.05, 0.1) is 11.9 Å². The number of aliphatic hydroxyl groups is 1. The molecule has 4 nitrogen and oxygen atoms in total. The fourth-order valence-corrected chi connectivity index (χ4v) is 2.43. The third-order valence-corrected chi connectivity index (χ3v) is 3.97. The molecule has 0 unspecified atom stereocenters. The Morgan fingerprint density at radius 3 is 2.55 bits per heavy atom. The zero-order valence-corrected chi connectivity index (χ0v) is 12.4. The molecule has 1 N–H and O–H groups in total. The first kappa shape index (κ1) is 14.8. The molecule has 0 spiro atoms. The average Bonchev–Trinajstić information content (AvgIpc) is 2.37. The van der Waals surface area contributed by atoms with Crippen LogP contribution in [0.2, 0.25) is 0 Å². The Morgan fingerprint density at radius 1 is 1.20 bits per heavy atom. The number of aliphatic hydroxyl groups excluding tert-OH is 1. The molecule has 0 fully saturated rings. The number of rotatable bonds is 5. The van der Waals surface area contributed by atoms with E-state index in [1.807, 2.05) is 36.4 Å². The summed E-state index contributed by atoms with van der Waals surface area (Å²) in [6, 6.07) is 11.4. The zero-order valence-electron chi connectivity index (χ0n) is 11.5. The van der Waals surface area contributed by atoms with Crippen molar-refractivity contribution in [3.63, 3.8) is 0 Å². The third-order valence-electron chi connectivity index (χ3n) is 3.06. The molecule has 0 saturated carbocycles. The quantitative estimate of drug-likeness (QED) is 0.919. The van der Waals surface area contributed by atoms with Gasteiger partial charge in [-0.25, -0.2) is 8.42 Å². The summed E-state index contributed by atoms with van der Waals surface area (Å²) in [7, 11) is -3.07. The first-order valence-corrected chi connectivity index (χ1v) is 8.45. The van der Waals surface area contributed by atoms with Crippen LogP contribution in [0.5, 0.6) is 5.75 Å². The standard InChI is InChI=1S/C15H18O4S/c1-11(16)13-8-7-12-5-3-4-6-14(12)15(13)19-9-10-20(2,17)18/h3-8,11,16H,9-10H2,1-2H3/t11-/m1/s1. The average molecular weight is 294 g/mol. The van der Waals surface area contributed by atoms with E-state index in [2.05, 4.69) is 0 Å². The van der Waals surface area contributed by atoms with E-state index in [0.29, 0.717) is 11.3 Å². The molecule has 2 rings (SSSR count). The van der Waals surface area contributed by atoms with Crippen LogP contribution in [0.15, 0.2) is 36.4 Å². The van der Waals surface area contributed by atoms with Gasteiger partial charge >= 0.3 is 0 Å². The summed E-state index contributed by atoms with van der Waals surface area (Å²) in [5, 5.41) is 11.7. The highest BCUT2D eigenvalue weighted by atomic mass is 32.2. The number of sulfone groups is 1. The minimum absolute atomic E-state index is 0.0462. The Balaban J connectivity index is 2.39. The molecule has 2 aromatic carbocycles. The molecule has 0 amide bonds. The molecular weight excluding hydrogens is 276 g/mol. The Morgan fingerprint density at radius 2 is 1.90 bits per heavy atom. The minimum atomic E-state index is -3.07. The molecule has 0 radical (unpaired) electrons. The van der Waals surface area contributed by atoms with Crippen LogP contribution in [0.1, 0.15) is 18.6 Å². The van der Waals surface area contributed by atoms with Gasteiger partial charge in [0.1, 0.15) is 12.4 Å².